The van der Waals surface area contributed by atoms with Crippen molar-refractivity contribution in [1.82, 2.24) is 4.90 Å². The molecule has 5 nitrogen and oxygen atoms in total. The molecule has 0 bridgehead atoms. The van der Waals surface area contributed by atoms with Crippen LogP contribution in [0.15, 0.2) is 40.3 Å². The normalized spacial score (nSPS) is 17.5. The van der Waals surface area contributed by atoms with Gasteiger partial charge in [-0.1, -0.05) is 0 Å². The second kappa shape index (κ2) is 6.19. The summed E-state index contributed by atoms with van der Waals surface area (Å²) >= 11 is 1.60. The Labute approximate surface area is 131 Å². The molecule has 3 rings (SSSR count). The molecule has 0 saturated heterocycles. The van der Waals surface area contributed by atoms with Crippen LogP contribution >= 0.6 is 11.3 Å². The molecule has 1 aliphatic heterocycles. The molecule has 0 aliphatic carbocycles. The predicted octanol–water partition coefficient (Wildman–Crippen LogP) is 2.65. The van der Waals surface area contributed by atoms with E-state index >= 15 is 0 Å². The van der Waals surface area contributed by atoms with Gasteiger partial charge in [-0.2, -0.15) is 0 Å². The van der Waals surface area contributed by atoms with Crippen molar-refractivity contribution in [2.45, 2.75) is 12.5 Å². The molecule has 0 aromatic carbocycles. The summed E-state index contributed by atoms with van der Waals surface area (Å²) in [6.45, 7) is 0.495. The zero-order valence-electron chi connectivity index (χ0n) is 12.0. The second-order valence-corrected chi connectivity index (χ2v) is 5.86. The molecule has 0 fully saturated rings. The Kier molecular flexibility index (Phi) is 4.11. The Morgan fingerprint density at radius 1 is 1.45 bits per heavy atom. The van der Waals surface area contributed by atoms with Gasteiger partial charge in [-0.05, 0) is 41.6 Å². The van der Waals surface area contributed by atoms with E-state index in [1.165, 1.54) is 13.2 Å². The van der Waals surface area contributed by atoms with Gasteiger partial charge in [-0.3, -0.25) is 4.79 Å². The first-order valence-corrected chi connectivity index (χ1v) is 7.75. The number of carbonyl (C=O) groups is 2. The number of esters is 1. The quantitative estimate of drug-likeness (QED) is 0.645. The average molecular weight is 317 g/mol. The summed E-state index contributed by atoms with van der Waals surface area (Å²) in [6.07, 6.45) is 5.31. The summed E-state index contributed by atoms with van der Waals surface area (Å²) in [5, 5.41) is 1.94. The van der Waals surface area contributed by atoms with E-state index < -0.39 is 12.0 Å². The molecule has 2 aromatic rings. The van der Waals surface area contributed by atoms with Crippen LogP contribution in [0.1, 0.15) is 22.2 Å². The topological polar surface area (TPSA) is 59.8 Å². The number of thiophene rings is 1. The lowest BCUT2D eigenvalue weighted by molar-refractivity contribution is -0.152. The largest absolute Gasteiger partial charge is 0.467 e. The molecule has 1 atom stereocenters. The number of carbonyl (C=O) groups excluding carboxylic acids is 2. The Hall–Kier alpha value is -2.34. The van der Waals surface area contributed by atoms with Gasteiger partial charge in [0.1, 0.15) is 5.76 Å². The molecule has 1 unspecified atom stereocenters. The van der Waals surface area contributed by atoms with Crippen molar-refractivity contribution < 1.29 is 18.7 Å². The maximum Gasteiger partial charge on any atom is 0.333 e. The van der Waals surface area contributed by atoms with E-state index in [4.69, 9.17) is 9.15 Å². The maximum atomic E-state index is 12.4. The van der Waals surface area contributed by atoms with Gasteiger partial charge >= 0.3 is 5.97 Å². The lowest BCUT2D eigenvalue weighted by atomic mass is 10.00. The summed E-state index contributed by atoms with van der Waals surface area (Å²) in [5.74, 6) is -0.0565. The first kappa shape index (κ1) is 14.6. The average Bonchev–Trinajstić information content (AvgIpc) is 3.21. The zero-order valence-corrected chi connectivity index (χ0v) is 12.8. The van der Waals surface area contributed by atoms with Crippen LogP contribution in [0.5, 0.6) is 0 Å². The van der Waals surface area contributed by atoms with E-state index in [2.05, 4.69) is 0 Å². The van der Waals surface area contributed by atoms with Crippen LogP contribution < -0.4 is 0 Å². The smallest absolute Gasteiger partial charge is 0.333 e. The molecule has 1 aliphatic rings. The minimum atomic E-state index is -0.672. The predicted molar refractivity (Wildman–Crippen MR) is 82.2 cm³/mol. The number of amides is 1. The number of rotatable bonds is 3. The van der Waals surface area contributed by atoms with Crippen LogP contribution in [0, 0.1) is 0 Å². The Morgan fingerprint density at radius 2 is 2.32 bits per heavy atom. The van der Waals surface area contributed by atoms with Crippen LogP contribution in [0.2, 0.25) is 0 Å². The Balaban J connectivity index is 1.85. The van der Waals surface area contributed by atoms with E-state index in [1.54, 1.807) is 40.7 Å². The molecule has 0 spiro atoms. The summed E-state index contributed by atoms with van der Waals surface area (Å²) in [5.41, 5.74) is 0.864. The van der Waals surface area contributed by atoms with Gasteiger partial charge in [0.05, 0.1) is 13.4 Å². The van der Waals surface area contributed by atoms with Gasteiger partial charge in [0.15, 0.2) is 6.04 Å². The fourth-order valence-electron chi connectivity index (χ4n) is 2.55. The molecular weight excluding hydrogens is 302 g/mol. The lowest BCUT2D eigenvalue weighted by Gasteiger charge is -2.33. The third-order valence-corrected chi connectivity index (χ3v) is 4.60. The molecule has 22 heavy (non-hydrogen) atoms. The summed E-state index contributed by atoms with van der Waals surface area (Å²) in [4.78, 5) is 27.2. The summed E-state index contributed by atoms with van der Waals surface area (Å²) in [6, 6.07) is 4.72. The number of ether oxygens (including phenoxy) is 1. The van der Waals surface area contributed by atoms with Gasteiger partial charge in [-0.25, -0.2) is 4.79 Å². The fourth-order valence-corrected chi connectivity index (χ4v) is 3.46. The Bertz CT molecular complexity index is 702. The lowest BCUT2D eigenvalue weighted by Crippen LogP contribution is -2.42. The third-order valence-electron chi connectivity index (χ3n) is 3.61. The first-order valence-electron chi connectivity index (χ1n) is 6.87. The molecule has 6 heteroatoms. The maximum absolute atomic E-state index is 12.4. The van der Waals surface area contributed by atoms with Crippen molar-refractivity contribution in [2.75, 3.05) is 13.7 Å². The van der Waals surface area contributed by atoms with Gasteiger partial charge in [0, 0.05) is 17.5 Å². The van der Waals surface area contributed by atoms with Crippen molar-refractivity contribution in [3.63, 3.8) is 0 Å². The van der Waals surface area contributed by atoms with Crippen LogP contribution in [0.4, 0.5) is 0 Å². The number of nitrogens with zero attached hydrogens (tertiary/aromatic N) is 1. The minimum Gasteiger partial charge on any atom is -0.467 e. The highest BCUT2D eigenvalue weighted by molar-refractivity contribution is 7.10. The van der Waals surface area contributed by atoms with E-state index in [0.29, 0.717) is 12.3 Å². The number of fused-ring (bicyclic) bond motifs is 1. The fraction of sp³-hybridized carbons (Fsp3) is 0.250. The second-order valence-electron chi connectivity index (χ2n) is 4.86. The standard InChI is InChI=1S/C16H15NO4S/c1-20-16(19)15-12-7-10-22-13(12)6-8-17(15)14(18)5-4-11-3-2-9-21-11/h2-5,7,9-10,15H,6,8H2,1H3/b5-4+. The molecule has 1 amide bonds. The molecule has 2 aromatic heterocycles. The van der Waals surface area contributed by atoms with Gasteiger partial charge in [0.25, 0.3) is 0 Å². The molecule has 0 N–H and O–H groups in total. The van der Waals surface area contributed by atoms with Crippen LogP contribution in [0.3, 0.4) is 0 Å². The van der Waals surface area contributed by atoms with E-state index in [-0.39, 0.29) is 5.91 Å². The minimum absolute atomic E-state index is 0.233. The van der Waals surface area contributed by atoms with Crippen molar-refractivity contribution >= 4 is 29.3 Å². The Morgan fingerprint density at radius 3 is 3.05 bits per heavy atom. The van der Waals surface area contributed by atoms with Crippen molar-refractivity contribution in [2.24, 2.45) is 0 Å². The van der Waals surface area contributed by atoms with E-state index in [0.717, 1.165) is 16.9 Å². The highest BCUT2D eigenvalue weighted by atomic mass is 32.1. The van der Waals surface area contributed by atoms with Crippen molar-refractivity contribution in [1.29, 1.82) is 0 Å². The molecule has 0 radical (unpaired) electrons. The van der Waals surface area contributed by atoms with Crippen LogP contribution in [-0.2, 0) is 20.7 Å². The van der Waals surface area contributed by atoms with Crippen LogP contribution in [-0.4, -0.2) is 30.4 Å². The van der Waals surface area contributed by atoms with Crippen molar-refractivity contribution in [3.8, 4) is 0 Å². The first-order chi connectivity index (χ1) is 10.7. The molecular formula is C16H15NO4S. The molecule has 0 saturated carbocycles. The SMILES string of the molecule is COC(=O)C1c2ccsc2CCN1C(=O)/C=C/c1ccco1. The number of hydrogen-bond donors (Lipinski definition) is 0. The molecule has 3 heterocycles. The summed E-state index contributed by atoms with van der Waals surface area (Å²) < 4.78 is 10.0. The van der Waals surface area contributed by atoms with Gasteiger partial charge in [-0.15, -0.1) is 11.3 Å². The van der Waals surface area contributed by atoms with E-state index in [1.807, 2.05) is 11.4 Å². The van der Waals surface area contributed by atoms with Gasteiger partial charge in [0.2, 0.25) is 5.91 Å². The summed E-state index contributed by atoms with van der Waals surface area (Å²) in [7, 11) is 1.34. The number of furan rings is 1. The van der Waals surface area contributed by atoms with Crippen molar-refractivity contribution in [3.05, 3.63) is 52.1 Å². The third kappa shape index (κ3) is 2.69. The molecule has 114 valence electrons. The highest BCUT2D eigenvalue weighted by Gasteiger charge is 2.36. The van der Waals surface area contributed by atoms with Crippen LogP contribution in [0.25, 0.3) is 6.08 Å². The zero-order chi connectivity index (χ0) is 15.5. The number of methoxy groups -OCH3 is 1. The van der Waals surface area contributed by atoms with Gasteiger partial charge < -0.3 is 14.1 Å². The highest BCUT2D eigenvalue weighted by Crippen LogP contribution is 2.34. The van der Waals surface area contributed by atoms with E-state index in [9.17, 15) is 9.59 Å². The monoisotopic (exact) mass is 317 g/mol. The number of hydrogen-bond acceptors (Lipinski definition) is 5.